The molecule has 3 heterocycles. The summed E-state index contributed by atoms with van der Waals surface area (Å²) in [6.45, 7) is 1.97. The summed E-state index contributed by atoms with van der Waals surface area (Å²) >= 11 is 0. The van der Waals surface area contributed by atoms with E-state index in [0.29, 0.717) is 17.3 Å². The summed E-state index contributed by atoms with van der Waals surface area (Å²) in [6, 6.07) is 8.31. The first kappa shape index (κ1) is 18.9. The van der Waals surface area contributed by atoms with E-state index in [4.69, 9.17) is 0 Å². The van der Waals surface area contributed by atoms with Crippen LogP contribution in [0.1, 0.15) is 32.1 Å². The van der Waals surface area contributed by atoms with Crippen LogP contribution in [0.3, 0.4) is 0 Å². The molecule has 0 spiro atoms. The van der Waals surface area contributed by atoms with Crippen LogP contribution in [0.15, 0.2) is 36.7 Å². The highest BCUT2D eigenvalue weighted by Gasteiger charge is 2.29. The Labute approximate surface area is 177 Å². The van der Waals surface area contributed by atoms with Gasteiger partial charge in [0.15, 0.2) is 5.82 Å². The molecule has 1 fully saturated rings. The van der Waals surface area contributed by atoms with Crippen LogP contribution >= 0.6 is 0 Å². The molecule has 2 aliphatic rings. The first-order chi connectivity index (χ1) is 14.6. The third-order valence-corrected chi connectivity index (χ3v) is 6.44. The molecule has 156 valence electrons. The average Bonchev–Trinajstić information content (AvgIpc) is 3.21. The topological polar surface area (TPSA) is 70.3 Å². The fraction of sp³-hybridized carbons (Fsp3) is 0.435. The molecule has 0 radical (unpaired) electrons. The summed E-state index contributed by atoms with van der Waals surface area (Å²) in [4.78, 5) is 4.70. The molecule has 1 aromatic carbocycles. The fourth-order valence-electron chi connectivity index (χ4n) is 4.72. The zero-order valence-corrected chi connectivity index (χ0v) is 17.6. The highest BCUT2D eigenvalue weighted by molar-refractivity contribution is 5.78. The van der Waals surface area contributed by atoms with Gasteiger partial charge in [-0.25, -0.2) is 0 Å². The number of hydrogen-bond donors (Lipinski definition) is 1. The van der Waals surface area contributed by atoms with Gasteiger partial charge in [0.25, 0.3) is 0 Å². The number of hydrogen-bond acceptors (Lipinski definition) is 6. The lowest BCUT2D eigenvalue weighted by Gasteiger charge is -2.41. The minimum atomic E-state index is 0.202. The minimum absolute atomic E-state index is 0.202. The largest absolute Gasteiger partial charge is 0.507 e. The Balaban J connectivity index is 1.48. The minimum Gasteiger partial charge on any atom is -0.507 e. The van der Waals surface area contributed by atoms with Crippen molar-refractivity contribution in [3.05, 3.63) is 36.7 Å². The van der Waals surface area contributed by atoms with Crippen molar-refractivity contribution in [3.63, 3.8) is 0 Å². The fourth-order valence-corrected chi connectivity index (χ4v) is 4.72. The Kier molecular flexibility index (Phi) is 4.81. The summed E-state index contributed by atoms with van der Waals surface area (Å²) in [7, 11) is 3.99. The normalized spacial score (nSPS) is 17.3. The van der Waals surface area contributed by atoms with E-state index in [0.717, 1.165) is 35.7 Å². The van der Waals surface area contributed by atoms with Gasteiger partial charge in [-0.1, -0.05) is 25.3 Å². The molecule has 0 bridgehead atoms. The van der Waals surface area contributed by atoms with Crippen LogP contribution in [0.4, 0.5) is 11.5 Å². The summed E-state index contributed by atoms with van der Waals surface area (Å²) in [6.07, 6.45) is 10.1. The van der Waals surface area contributed by atoms with Gasteiger partial charge >= 0.3 is 0 Å². The van der Waals surface area contributed by atoms with E-state index in [1.165, 1.54) is 32.1 Å². The molecule has 5 rings (SSSR count). The molecule has 7 heteroatoms. The van der Waals surface area contributed by atoms with E-state index in [9.17, 15) is 5.11 Å². The summed E-state index contributed by atoms with van der Waals surface area (Å²) in [5.41, 5.74) is 4.38. The van der Waals surface area contributed by atoms with Crippen LogP contribution in [-0.2, 0) is 7.05 Å². The second-order valence-electron chi connectivity index (χ2n) is 8.48. The molecular formula is C23H28N6O. The molecule has 3 aromatic rings. The van der Waals surface area contributed by atoms with Crippen molar-refractivity contribution < 1.29 is 5.11 Å². The zero-order chi connectivity index (χ0) is 20.7. The SMILES string of the molecule is CN1CCN(C2CCCCC2)c2nnc(-c3ccc(-c4cnn(C)c4)cc3O)cc21. The first-order valence-electron chi connectivity index (χ1n) is 10.8. The van der Waals surface area contributed by atoms with E-state index >= 15 is 0 Å². The second-order valence-corrected chi connectivity index (χ2v) is 8.48. The number of aromatic hydroxyl groups is 1. The van der Waals surface area contributed by atoms with Crippen molar-refractivity contribution in [2.24, 2.45) is 7.05 Å². The van der Waals surface area contributed by atoms with Gasteiger partial charge in [0, 0.05) is 50.6 Å². The number of phenols is 1. The van der Waals surface area contributed by atoms with Crippen LogP contribution in [-0.4, -0.2) is 51.3 Å². The van der Waals surface area contributed by atoms with Crippen molar-refractivity contribution in [2.45, 2.75) is 38.1 Å². The van der Waals surface area contributed by atoms with Gasteiger partial charge in [0.05, 0.1) is 17.6 Å². The number of rotatable bonds is 3. The summed E-state index contributed by atoms with van der Waals surface area (Å²) in [5, 5.41) is 24.1. The number of benzene rings is 1. The number of aryl methyl sites for hydroxylation is 1. The Morgan fingerprint density at radius 1 is 0.967 bits per heavy atom. The maximum Gasteiger partial charge on any atom is 0.175 e. The van der Waals surface area contributed by atoms with Gasteiger partial charge in [0.1, 0.15) is 5.75 Å². The van der Waals surface area contributed by atoms with Gasteiger partial charge in [-0.15, -0.1) is 10.2 Å². The predicted molar refractivity (Wildman–Crippen MR) is 119 cm³/mol. The molecule has 0 unspecified atom stereocenters. The van der Waals surface area contributed by atoms with Crippen LogP contribution in [0.2, 0.25) is 0 Å². The molecule has 0 amide bonds. The Morgan fingerprint density at radius 2 is 1.80 bits per heavy atom. The standard InChI is InChI=1S/C23H28N6O/c1-27-10-11-29(18-6-4-3-5-7-18)23-21(27)13-20(25-26-23)19-9-8-16(12-22(19)30)17-14-24-28(2)15-17/h8-9,12-15,18,30H,3-7,10-11H2,1-2H3. The van der Waals surface area contributed by atoms with Crippen LogP contribution in [0.5, 0.6) is 5.75 Å². The van der Waals surface area contributed by atoms with Crippen LogP contribution < -0.4 is 9.80 Å². The molecule has 0 atom stereocenters. The number of nitrogens with zero attached hydrogens (tertiary/aromatic N) is 6. The number of aromatic nitrogens is 4. The van der Waals surface area contributed by atoms with Gasteiger partial charge < -0.3 is 14.9 Å². The van der Waals surface area contributed by atoms with E-state index in [-0.39, 0.29) is 5.75 Å². The third kappa shape index (κ3) is 3.38. The smallest absolute Gasteiger partial charge is 0.175 e. The Morgan fingerprint density at radius 3 is 2.53 bits per heavy atom. The number of phenolic OH excluding ortho intramolecular Hbond substituents is 1. The van der Waals surface area contributed by atoms with Crippen molar-refractivity contribution in [1.29, 1.82) is 0 Å². The molecule has 30 heavy (non-hydrogen) atoms. The summed E-state index contributed by atoms with van der Waals surface area (Å²) in [5.74, 6) is 1.18. The maximum absolute atomic E-state index is 10.7. The highest BCUT2D eigenvalue weighted by Crippen LogP contribution is 2.39. The average molecular weight is 405 g/mol. The number of anilines is 2. The van der Waals surface area contributed by atoms with E-state index < -0.39 is 0 Å². The first-order valence-corrected chi connectivity index (χ1v) is 10.8. The third-order valence-electron chi connectivity index (χ3n) is 6.44. The van der Waals surface area contributed by atoms with E-state index in [2.05, 4.69) is 38.2 Å². The van der Waals surface area contributed by atoms with Crippen molar-refractivity contribution in [1.82, 2.24) is 20.0 Å². The van der Waals surface area contributed by atoms with Crippen LogP contribution in [0.25, 0.3) is 22.4 Å². The van der Waals surface area contributed by atoms with Crippen LogP contribution in [0, 0.1) is 0 Å². The van der Waals surface area contributed by atoms with E-state index in [1.54, 1.807) is 16.9 Å². The lowest BCUT2D eigenvalue weighted by Crippen LogP contribution is -2.46. The van der Waals surface area contributed by atoms with Crippen molar-refractivity contribution in [2.75, 3.05) is 29.9 Å². The van der Waals surface area contributed by atoms with Gasteiger partial charge in [0.2, 0.25) is 0 Å². The van der Waals surface area contributed by atoms with Gasteiger partial charge in [-0.3, -0.25) is 4.68 Å². The molecule has 2 aromatic heterocycles. The molecule has 1 saturated carbocycles. The van der Waals surface area contributed by atoms with E-state index in [1.807, 2.05) is 25.4 Å². The molecule has 7 nitrogen and oxygen atoms in total. The Hall–Kier alpha value is -3.09. The molecular weight excluding hydrogens is 376 g/mol. The monoisotopic (exact) mass is 404 g/mol. The lowest BCUT2D eigenvalue weighted by atomic mass is 9.93. The molecule has 0 saturated heterocycles. The van der Waals surface area contributed by atoms with Crippen molar-refractivity contribution >= 4 is 11.5 Å². The molecule has 1 aliphatic heterocycles. The Bertz CT molecular complexity index is 1060. The number of likely N-dealkylation sites (N-methyl/N-ethyl adjacent to an activating group) is 1. The highest BCUT2D eigenvalue weighted by atomic mass is 16.3. The zero-order valence-electron chi connectivity index (χ0n) is 17.6. The second kappa shape index (κ2) is 7.63. The quantitative estimate of drug-likeness (QED) is 0.715. The van der Waals surface area contributed by atoms with Crippen molar-refractivity contribution in [3.8, 4) is 28.1 Å². The number of fused-ring (bicyclic) bond motifs is 1. The molecule has 1 aliphatic carbocycles. The summed E-state index contributed by atoms with van der Waals surface area (Å²) < 4.78 is 1.75. The van der Waals surface area contributed by atoms with Gasteiger partial charge in [-0.2, -0.15) is 5.10 Å². The maximum atomic E-state index is 10.7. The lowest BCUT2D eigenvalue weighted by molar-refractivity contribution is 0.410. The van der Waals surface area contributed by atoms with Gasteiger partial charge in [-0.05, 0) is 36.6 Å². The predicted octanol–water partition coefficient (Wildman–Crippen LogP) is 3.84. The molecule has 1 N–H and O–H groups in total.